The Balaban J connectivity index is 1.73. The minimum absolute atomic E-state index is 0.172. The number of aliphatic hydroxyl groups excluding tert-OH is 7. The number of aliphatic hydroxyl groups is 7. The van der Waals surface area contributed by atoms with Crippen LogP contribution in [0.3, 0.4) is 0 Å². The summed E-state index contributed by atoms with van der Waals surface area (Å²) in [6.07, 6.45) is 30.9. The topological polar surface area (TPSA) is 231 Å². The number of carbonyl (C=O) groups excluding carboxylic acids is 2. The van der Waals surface area contributed by atoms with Gasteiger partial charge in [-0.3, -0.25) is 9.59 Å². The minimum Gasteiger partial charge on any atom is -0.462 e. The maximum absolute atomic E-state index is 13.1. The van der Waals surface area contributed by atoms with Crippen LogP contribution in [0.1, 0.15) is 251 Å². The molecular formula is C58H108O15. The van der Waals surface area contributed by atoms with E-state index in [1.54, 1.807) is 0 Å². The Kier molecular flexibility index (Phi) is 41.8. The molecule has 0 aromatic heterocycles. The lowest BCUT2D eigenvalue weighted by Gasteiger charge is -2.42. The quantitative estimate of drug-likeness (QED) is 0.0171. The van der Waals surface area contributed by atoms with Crippen molar-refractivity contribution >= 4 is 11.9 Å². The van der Waals surface area contributed by atoms with E-state index in [2.05, 4.69) is 26.0 Å². The summed E-state index contributed by atoms with van der Waals surface area (Å²) >= 11 is 0. The molecule has 4 unspecified atom stereocenters. The maximum atomic E-state index is 13.1. The van der Waals surface area contributed by atoms with Crippen LogP contribution in [0, 0.1) is 0 Å². The van der Waals surface area contributed by atoms with E-state index in [9.17, 15) is 45.3 Å². The third-order valence-electron chi connectivity index (χ3n) is 14.5. The highest BCUT2D eigenvalue weighted by Crippen LogP contribution is 2.27. The third-order valence-corrected chi connectivity index (χ3v) is 14.5. The average molecular weight is 1050 g/mol. The summed E-state index contributed by atoms with van der Waals surface area (Å²) in [4.78, 5) is 25.9. The zero-order valence-electron chi connectivity index (χ0n) is 45.9. The van der Waals surface area contributed by atoms with Gasteiger partial charge in [0.15, 0.2) is 18.7 Å². The SMILES string of the molecule is CCCCCCCC/C=C/CCCCCCCCCCCCCC(=O)OC[C@@H](CO[C@@H]1O[C@H](CO[C@@H]2O[C@H](CO)[C@H](O)C(O)C2O)[C@H](O)C(O)C1O)OC(=O)CCCCCCCCCCCCCCCCCC. The van der Waals surface area contributed by atoms with Gasteiger partial charge in [-0.1, -0.05) is 212 Å². The first-order chi connectivity index (χ1) is 35.5. The summed E-state index contributed by atoms with van der Waals surface area (Å²) in [5.41, 5.74) is 0. The monoisotopic (exact) mass is 1040 g/mol. The van der Waals surface area contributed by atoms with E-state index in [1.807, 2.05) is 0 Å². The minimum atomic E-state index is -1.76. The molecule has 2 fully saturated rings. The molecule has 0 spiro atoms. The maximum Gasteiger partial charge on any atom is 0.306 e. The second kappa shape index (κ2) is 45.3. The normalized spacial score (nSPS) is 24.8. The summed E-state index contributed by atoms with van der Waals surface area (Å²) in [6.45, 7) is 2.64. The van der Waals surface area contributed by atoms with Crippen molar-refractivity contribution in [2.45, 2.75) is 319 Å². The lowest BCUT2D eigenvalue weighted by Crippen LogP contribution is -2.61. The van der Waals surface area contributed by atoms with Crippen LogP contribution in [-0.4, -0.2) is 142 Å². The van der Waals surface area contributed by atoms with E-state index in [0.717, 1.165) is 38.5 Å². The molecule has 11 atom stereocenters. The molecule has 0 amide bonds. The molecule has 0 bridgehead atoms. The first kappa shape index (κ1) is 67.3. The van der Waals surface area contributed by atoms with Crippen LogP contribution in [-0.2, 0) is 38.0 Å². The van der Waals surface area contributed by atoms with E-state index in [-0.39, 0.29) is 26.1 Å². The van der Waals surface area contributed by atoms with E-state index < -0.39 is 92.7 Å². The van der Waals surface area contributed by atoms with Crippen molar-refractivity contribution in [3.8, 4) is 0 Å². The lowest BCUT2D eigenvalue weighted by atomic mass is 9.98. The van der Waals surface area contributed by atoms with Crippen molar-refractivity contribution in [1.29, 1.82) is 0 Å². The molecule has 2 aliphatic rings. The van der Waals surface area contributed by atoms with Gasteiger partial charge in [0.25, 0.3) is 0 Å². The zero-order valence-corrected chi connectivity index (χ0v) is 45.9. The summed E-state index contributed by atoms with van der Waals surface area (Å²) in [6, 6.07) is 0. The lowest BCUT2D eigenvalue weighted by molar-refractivity contribution is -0.332. The highest BCUT2D eigenvalue weighted by molar-refractivity contribution is 5.70. The van der Waals surface area contributed by atoms with Gasteiger partial charge in [-0.15, -0.1) is 0 Å². The van der Waals surface area contributed by atoms with Gasteiger partial charge in [-0.2, -0.15) is 0 Å². The van der Waals surface area contributed by atoms with Gasteiger partial charge in [-0.25, -0.2) is 0 Å². The third kappa shape index (κ3) is 32.6. The predicted molar refractivity (Wildman–Crippen MR) is 285 cm³/mol. The molecule has 15 nitrogen and oxygen atoms in total. The summed E-state index contributed by atoms with van der Waals surface area (Å²) in [5.74, 6) is -0.909. The van der Waals surface area contributed by atoms with Crippen LogP contribution in [0.15, 0.2) is 12.2 Å². The highest BCUT2D eigenvalue weighted by atomic mass is 16.7. The second-order valence-electron chi connectivity index (χ2n) is 21.2. The van der Waals surface area contributed by atoms with Gasteiger partial charge in [0, 0.05) is 12.8 Å². The fraction of sp³-hybridized carbons (Fsp3) is 0.931. The Morgan fingerprint density at radius 1 is 0.425 bits per heavy atom. The Hall–Kier alpha value is -1.76. The number of hydrogen-bond donors (Lipinski definition) is 7. The summed E-state index contributed by atoms with van der Waals surface area (Å²) in [5, 5.41) is 72.3. The highest BCUT2D eigenvalue weighted by Gasteiger charge is 2.47. The largest absolute Gasteiger partial charge is 0.462 e. The van der Waals surface area contributed by atoms with Gasteiger partial charge in [0.1, 0.15) is 55.4 Å². The molecule has 2 rings (SSSR count). The van der Waals surface area contributed by atoms with Gasteiger partial charge >= 0.3 is 11.9 Å². The van der Waals surface area contributed by atoms with E-state index in [0.29, 0.717) is 12.8 Å². The van der Waals surface area contributed by atoms with Crippen LogP contribution in [0.4, 0.5) is 0 Å². The summed E-state index contributed by atoms with van der Waals surface area (Å²) < 4.78 is 33.7. The molecule has 73 heavy (non-hydrogen) atoms. The van der Waals surface area contributed by atoms with Gasteiger partial charge in [-0.05, 0) is 38.5 Å². The van der Waals surface area contributed by atoms with Crippen molar-refractivity contribution in [2.75, 3.05) is 26.4 Å². The number of esters is 2. The Labute approximate surface area is 441 Å². The standard InChI is InChI=1S/C58H108O15/c1-3-5-7-9-11-13-15-17-19-21-22-23-24-25-27-28-30-32-34-36-38-40-49(60)68-43-46(71-50(61)41-39-37-35-33-31-29-26-20-18-16-14-12-10-8-6-4-2)44-69-57-56(67)54(65)52(63)48(73-57)45-70-58-55(66)53(64)51(62)47(42-59)72-58/h17,19,46-48,51-59,62-67H,3-16,18,20-45H2,1-2H3/b19-17+/t46-,47+,48+,51-,52-,53?,54?,55?,56?,57+,58+/m0/s1. The molecule has 430 valence electrons. The summed E-state index contributed by atoms with van der Waals surface area (Å²) in [7, 11) is 0. The molecule has 2 aliphatic heterocycles. The van der Waals surface area contributed by atoms with E-state index in [4.69, 9.17) is 28.4 Å². The van der Waals surface area contributed by atoms with Crippen LogP contribution in [0.25, 0.3) is 0 Å². The Morgan fingerprint density at radius 3 is 1.21 bits per heavy atom. The fourth-order valence-corrected chi connectivity index (χ4v) is 9.63. The molecule has 0 aromatic rings. The average Bonchev–Trinajstić information content (AvgIpc) is 3.38. The number of carbonyl (C=O) groups is 2. The first-order valence-corrected chi connectivity index (χ1v) is 29.8. The van der Waals surface area contributed by atoms with Crippen LogP contribution in [0.2, 0.25) is 0 Å². The van der Waals surface area contributed by atoms with Crippen LogP contribution in [0.5, 0.6) is 0 Å². The smallest absolute Gasteiger partial charge is 0.306 e. The molecular weight excluding hydrogens is 937 g/mol. The Bertz CT molecular complexity index is 1320. The van der Waals surface area contributed by atoms with E-state index in [1.165, 1.54) is 173 Å². The van der Waals surface area contributed by atoms with Crippen molar-refractivity contribution in [3.05, 3.63) is 12.2 Å². The molecule has 2 saturated heterocycles. The van der Waals surface area contributed by atoms with Crippen LogP contribution < -0.4 is 0 Å². The van der Waals surface area contributed by atoms with Gasteiger partial charge < -0.3 is 64.2 Å². The number of rotatable bonds is 48. The number of allylic oxidation sites excluding steroid dienone is 2. The van der Waals surface area contributed by atoms with Crippen molar-refractivity contribution < 1.29 is 73.8 Å². The predicted octanol–water partition coefficient (Wildman–Crippen LogP) is 10.1. The molecule has 0 saturated carbocycles. The van der Waals surface area contributed by atoms with Gasteiger partial charge in [0.05, 0.1) is 19.8 Å². The van der Waals surface area contributed by atoms with Gasteiger partial charge in [0.2, 0.25) is 0 Å². The number of ether oxygens (including phenoxy) is 6. The molecule has 0 aromatic carbocycles. The molecule has 7 N–H and O–H groups in total. The zero-order chi connectivity index (χ0) is 53.2. The van der Waals surface area contributed by atoms with Crippen LogP contribution >= 0.6 is 0 Å². The van der Waals surface area contributed by atoms with E-state index >= 15 is 0 Å². The van der Waals surface area contributed by atoms with Crippen molar-refractivity contribution in [1.82, 2.24) is 0 Å². The molecule has 15 heteroatoms. The second-order valence-corrected chi connectivity index (χ2v) is 21.2. The first-order valence-electron chi connectivity index (χ1n) is 29.8. The molecule has 0 aliphatic carbocycles. The Morgan fingerprint density at radius 2 is 0.781 bits per heavy atom. The number of hydrogen-bond acceptors (Lipinski definition) is 15. The molecule has 2 heterocycles. The van der Waals surface area contributed by atoms with Crippen molar-refractivity contribution in [2.24, 2.45) is 0 Å². The number of unbranched alkanes of at least 4 members (excludes halogenated alkanes) is 32. The molecule has 0 radical (unpaired) electrons. The fourth-order valence-electron chi connectivity index (χ4n) is 9.63. The van der Waals surface area contributed by atoms with Crippen molar-refractivity contribution in [3.63, 3.8) is 0 Å².